The number of aryl methyl sites for hydroxylation is 1. The van der Waals surface area contributed by atoms with Crippen LogP contribution in [0, 0.1) is 6.92 Å². The Balaban J connectivity index is 2.18. The molecular formula is C12H23N5OS. The summed E-state index contributed by atoms with van der Waals surface area (Å²) in [5, 5.41) is 6.33. The van der Waals surface area contributed by atoms with Gasteiger partial charge in [-0.1, -0.05) is 0 Å². The predicted octanol–water partition coefficient (Wildman–Crippen LogP) is 0.830. The summed E-state index contributed by atoms with van der Waals surface area (Å²) < 4.78 is 5.24. The Morgan fingerprint density at radius 3 is 3.05 bits per heavy atom. The van der Waals surface area contributed by atoms with Gasteiger partial charge in [0, 0.05) is 38.1 Å². The van der Waals surface area contributed by atoms with E-state index in [9.17, 15) is 0 Å². The molecule has 0 bridgehead atoms. The van der Waals surface area contributed by atoms with E-state index in [1.807, 2.05) is 13.8 Å². The molecule has 1 aromatic heterocycles. The van der Waals surface area contributed by atoms with Gasteiger partial charge in [-0.15, -0.1) is 11.3 Å². The molecule has 6 nitrogen and oxygen atoms in total. The lowest BCUT2D eigenvalue weighted by atomic mass is 10.3. The number of aromatic nitrogens is 1. The fourth-order valence-corrected chi connectivity index (χ4v) is 2.13. The summed E-state index contributed by atoms with van der Waals surface area (Å²) in [6.45, 7) is 6.93. The maximum absolute atomic E-state index is 5.41. The lowest BCUT2D eigenvalue weighted by Gasteiger charge is -2.08. The molecule has 1 aromatic rings. The van der Waals surface area contributed by atoms with E-state index in [0.717, 1.165) is 43.3 Å². The van der Waals surface area contributed by atoms with E-state index in [4.69, 9.17) is 10.6 Å². The number of nitrogens with one attached hydrogen (secondary N) is 2. The molecular weight excluding hydrogens is 262 g/mol. The van der Waals surface area contributed by atoms with E-state index in [1.54, 1.807) is 11.3 Å². The zero-order valence-corrected chi connectivity index (χ0v) is 12.4. The van der Waals surface area contributed by atoms with Crippen molar-refractivity contribution < 1.29 is 4.74 Å². The summed E-state index contributed by atoms with van der Waals surface area (Å²) in [6, 6.07) is 0. The Bertz CT molecular complexity index is 380. The van der Waals surface area contributed by atoms with Gasteiger partial charge in [0.25, 0.3) is 0 Å². The second-order valence-corrected chi connectivity index (χ2v) is 5.02. The molecule has 7 heteroatoms. The van der Waals surface area contributed by atoms with Crippen molar-refractivity contribution in [3.63, 3.8) is 0 Å². The van der Waals surface area contributed by atoms with Crippen LogP contribution in [0.4, 0.5) is 0 Å². The number of ether oxygens (including phenoxy) is 1. The van der Waals surface area contributed by atoms with Crippen molar-refractivity contribution in [3.05, 3.63) is 16.1 Å². The number of hydrogen-bond acceptors (Lipinski definition) is 5. The molecule has 0 amide bonds. The molecule has 0 fully saturated rings. The van der Waals surface area contributed by atoms with E-state index in [-0.39, 0.29) is 0 Å². The predicted molar refractivity (Wildman–Crippen MR) is 79.3 cm³/mol. The number of rotatable bonds is 8. The first-order valence-corrected chi connectivity index (χ1v) is 7.38. The van der Waals surface area contributed by atoms with Crippen LogP contribution in [-0.4, -0.2) is 37.2 Å². The zero-order chi connectivity index (χ0) is 13.9. The molecule has 0 aliphatic carbocycles. The molecule has 0 aromatic carbocycles. The topological polar surface area (TPSA) is 84.6 Å². The molecule has 108 valence electrons. The van der Waals surface area contributed by atoms with Crippen LogP contribution in [0.5, 0.6) is 0 Å². The van der Waals surface area contributed by atoms with Crippen molar-refractivity contribution in [2.24, 2.45) is 10.8 Å². The van der Waals surface area contributed by atoms with Crippen molar-refractivity contribution in [1.82, 2.24) is 15.7 Å². The quantitative estimate of drug-likeness (QED) is 0.217. The van der Waals surface area contributed by atoms with E-state index in [2.05, 4.69) is 26.1 Å². The van der Waals surface area contributed by atoms with Crippen molar-refractivity contribution in [2.75, 3.05) is 26.3 Å². The molecule has 0 aliphatic rings. The van der Waals surface area contributed by atoms with Crippen LogP contribution in [0.2, 0.25) is 0 Å². The first-order valence-electron chi connectivity index (χ1n) is 6.50. The summed E-state index contributed by atoms with van der Waals surface area (Å²) in [6.07, 6.45) is 1.76. The number of nitrogens with zero attached hydrogens (tertiary/aromatic N) is 2. The summed E-state index contributed by atoms with van der Waals surface area (Å²) in [7, 11) is 0. The molecule has 1 rings (SSSR count). The lowest BCUT2D eigenvalue weighted by Crippen LogP contribution is -2.42. The first kappa shape index (κ1) is 15.9. The molecule has 0 saturated heterocycles. The summed E-state index contributed by atoms with van der Waals surface area (Å²) in [5.41, 5.74) is 3.66. The molecule has 0 radical (unpaired) electrons. The van der Waals surface area contributed by atoms with E-state index < -0.39 is 0 Å². The molecule has 0 spiro atoms. The number of hydrogen-bond donors (Lipinski definition) is 3. The van der Waals surface area contributed by atoms with Crippen molar-refractivity contribution in [1.29, 1.82) is 0 Å². The van der Waals surface area contributed by atoms with Crippen LogP contribution in [0.3, 0.4) is 0 Å². The minimum absolute atomic E-state index is 0.614. The SMILES string of the molecule is CCOCCCN=C(NN)NCCc1csc(C)n1. The van der Waals surface area contributed by atoms with Gasteiger partial charge >= 0.3 is 0 Å². The number of hydrazine groups is 1. The fourth-order valence-electron chi connectivity index (χ4n) is 1.49. The lowest BCUT2D eigenvalue weighted by molar-refractivity contribution is 0.146. The Morgan fingerprint density at radius 1 is 1.58 bits per heavy atom. The van der Waals surface area contributed by atoms with Gasteiger partial charge in [0.1, 0.15) is 0 Å². The standard InChI is InChI=1S/C12H23N5OS/c1-3-18-8-4-6-14-12(17-13)15-7-5-11-9-19-10(2)16-11/h9H,3-8,13H2,1-2H3,(H2,14,15,17). The van der Waals surface area contributed by atoms with Gasteiger partial charge in [-0.25, -0.2) is 10.8 Å². The second kappa shape index (κ2) is 9.71. The second-order valence-electron chi connectivity index (χ2n) is 3.96. The third kappa shape index (κ3) is 7.09. The van der Waals surface area contributed by atoms with Crippen molar-refractivity contribution in [3.8, 4) is 0 Å². The summed E-state index contributed by atoms with van der Waals surface area (Å²) in [5.74, 6) is 6.02. The highest BCUT2D eigenvalue weighted by Crippen LogP contribution is 2.07. The van der Waals surface area contributed by atoms with E-state index >= 15 is 0 Å². The van der Waals surface area contributed by atoms with E-state index in [1.165, 1.54) is 0 Å². The third-order valence-corrected chi connectivity index (χ3v) is 3.22. The number of guanidine groups is 1. The number of nitrogens with two attached hydrogens (primary N) is 1. The Labute approximate surface area is 118 Å². The van der Waals surface area contributed by atoms with Gasteiger partial charge in [-0.05, 0) is 20.3 Å². The van der Waals surface area contributed by atoms with E-state index in [0.29, 0.717) is 12.5 Å². The fraction of sp³-hybridized carbons (Fsp3) is 0.667. The van der Waals surface area contributed by atoms with Crippen molar-refractivity contribution >= 4 is 17.3 Å². The first-order chi connectivity index (χ1) is 9.26. The molecule has 4 N–H and O–H groups in total. The highest BCUT2D eigenvalue weighted by atomic mass is 32.1. The minimum Gasteiger partial charge on any atom is -0.382 e. The highest BCUT2D eigenvalue weighted by molar-refractivity contribution is 7.09. The average molecular weight is 285 g/mol. The number of thiazole rings is 1. The Hall–Kier alpha value is -1.18. The van der Waals surface area contributed by atoms with Gasteiger partial charge in [0.05, 0.1) is 10.7 Å². The van der Waals surface area contributed by atoms with Crippen LogP contribution in [0.15, 0.2) is 10.4 Å². The van der Waals surface area contributed by atoms with Gasteiger partial charge in [0.2, 0.25) is 5.96 Å². The third-order valence-electron chi connectivity index (χ3n) is 2.40. The van der Waals surface area contributed by atoms with Crippen LogP contribution in [0.1, 0.15) is 24.0 Å². The Kier molecular flexibility index (Phi) is 8.11. The average Bonchev–Trinajstić information content (AvgIpc) is 2.82. The largest absolute Gasteiger partial charge is 0.382 e. The number of aliphatic imine (C=N–C) groups is 1. The van der Waals surface area contributed by atoms with Crippen LogP contribution in [0.25, 0.3) is 0 Å². The van der Waals surface area contributed by atoms with Gasteiger partial charge in [-0.3, -0.25) is 10.4 Å². The minimum atomic E-state index is 0.614. The molecule has 0 unspecified atom stereocenters. The van der Waals surface area contributed by atoms with Gasteiger partial charge < -0.3 is 10.1 Å². The highest BCUT2D eigenvalue weighted by Gasteiger charge is 1.99. The summed E-state index contributed by atoms with van der Waals surface area (Å²) in [4.78, 5) is 8.72. The molecule has 0 saturated carbocycles. The Morgan fingerprint density at radius 2 is 2.42 bits per heavy atom. The van der Waals surface area contributed by atoms with Gasteiger partial charge in [0.15, 0.2) is 0 Å². The zero-order valence-electron chi connectivity index (χ0n) is 11.6. The molecule has 0 aliphatic heterocycles. The monoisotopic (exact) mass is 285 g/mol. The summed E-state index contributed by atoms with van der Waals surface area (Å²) >= 11 is 1.67. The van der Waals surface area contributed by atoms with Crippen molar-refractivity contribution in [2.45, 2.75) is 26.7 Å². The maximum Gasteiger partial charge on any atom is 0.205 e. The molecule has 1 heterocycles. The molecule has 0 atom stereocenters. The maximum atomic E-state index is 5.41. The van der Waals surface area contributed by atoms with Gasteiger partial charge in [-0.2, -0.15) is 0 Å². The normalized spacial score (nSPS) is 11.6. The van der Waals surface area contributed by atoms with Crippen LogP contribution >= 0.6 is 11.3 Å². The molecule has 19 heavy (non-hydrogen) atoms. The smallest absolute Gasteiger partial charge is 0.205 e. The van der Waals surface area contributed by atoms with Crippen LogP contribution in [-0.2, 0) is 11.2 Å². The van der Waals surface area contributed by atoms with Crippen LogP contribution < -0.4 is 16.6 Å².